The fraction of sp³-hybridized carbons (Fsp3) is 0.316. The number of amides is 1. The number of sulfonamides is 1. The highest BCUT2D eigenvalue weighted by Gasteiger charge is 2.32. The first-order valence-electron chi connectivity index (χ1n) is 9.75. The average Bonchev–Trinajstić information content (AvgIpc) is 3.28. The number of fused-ring (bicyclic) bond motifs is 1. The van der Waals surface area contributed by atoms with Gasteiger partial charge in [-0.2, -0.15) is 13.1 Å². The van der Waals surface area contributed by atoms with Crippen LogP contribution in [0.25, 0.3) is 11.0 Å². The van der Waals surface area contributed by atoms with Gasteiger partial charge >= 0.3 is 5.69 Å². The maximum atomic E-state index is 13.1. The monoisotopic (exact) mass is 477 g/mol. The molecule has 1 aliphatic heterocycles. The number of hydrogen-bond acceptors (Lipinski definition) is 9. The Bertz CT molecular complexity index is 1280. The number of carbonyl (C=O) groups is 1. The van der Waals surface area contributed by atoms with Crippen LogP contribution in [0.15, 0.2) is 41.3 Å². The summed E-state index contributed by atoms with van der Waals surface area (Å²) in [6.45, 7) is 2.48. The Morgan fingerprint density at radius 2 is 1.94 bits per heavy atom. The highest BCUT2D eigenvalue weighted by atomic mass is 32.2. The van der Waals surface area contributed by atoms with Crippen LogP contribution in [0, 0.1) is 10.1 Å². The third-order valence-electron chi connectivity index (χ3n) is 5.10. The molecule has 1 saturated heterocycles. The molecule has 0 aliphatic carbocycles. The second-order valence-electron chi connectivity index (χ2n) is 6.96. The summed E-state index contributed by atoms with van der Waals surface area (Å²) in [5, 5.41) is 11.3. The predicted octanol–water partition coefficient (Wildman–Crippen LogP) is 2.14. The largest absolute Gasteiger partial charge is 0.487 e. The molecule has 1 aromatic heterocycles. The molecule has 0 spiro atoms. The van der Waals surface area contributed by atoms with Gasteiger partial charge in [0, 0.05) is 37.8 Å². The first-order chi connectivity index (χ1) is 15.3. The standard InChI is InChI=1S/C19H19N5O6S2/c1-2-30-16-7-6-13(12-15(16)24(26)27)19(25)22-8-10-23(11-9-22)32(28,29)17-5-3-4-14-18(17)21-31-20-14/h3-7,12H,2,8-11H2,1H3. The van der Waals surface area contributed by atoms with E-state index in [-0.39, 0.29) is 54.7 Å². The number of aromatic nitrogens is 2. The Morgan fingerprint density at radius 1 is 1.19 bits per heavy atom. The molecule has 0 atom stereocenters. The molecular weight excluding hydrogens is 458 g/mol. The summed E-state index contributed by atoms with van der Waals surface area (Å²) < 4.78 is 41.0. The van der Waals surface area contributed by atoms with E-state index < -0.39 is 20.9 Å². The maximum absolute atomic E-state index is 13.1. The molecule has 32 heavy (non-hydrogen) atoms. The summed E-state index contributed by atoms with van der Waals surface area (Å²) in [6.07, 6.45) is 0. The minimum absolute atomic E-state index is 0.0886. The van der Waals surface area contributed by atoms with Gasteiger partial charge in [-0.1, -0.05) is 6.07 Å². The minimum atomic E-state index is -3.81. The SMILES string of the molecule is CCOc1ccc(C(=O)N2CCN(S(=O)(=O)c3cccc4nsnc34)CC2)cc1[N+](=O)[O-]. The molecule has 168 valence electrons. The van der Waals surface area contributed by atoms with E-state index in [1.807, 2.05) is 0 Å². The van der Waals surface area contributed by atoms with Crippen molar-refractivity contribution in [2.24, 2.45) is 0 Å². The van der Waals surface area contributed by atoms with Crippen molar-refractivity contribution in [1.29, 1.82) is 0 Å². The Hall–Kier alpha value is -3.16. The van der Waals surface area contributed by atoms with E-state index in [1.54, 1.807) is 19.1 Å². The lowest BCUT2D eigenvalue weighted by Crippen LogP contribution is -2.50. The third kappa shape index (κ3) is 4.01. The van der Waals surface area contributed by atoms with Gasteiger partial charge in [0.15, 0.2) is 5.75 Å². The summed E-state index contributed by atoms with van der Waals surface area (Å²) in [5.74, 6) is -0.310. The van der Waals surface area contributed by atoms with Gasteiger partial charge in [-0.15, -0.1) is 0 Å². The highest BCUT2D eigenvalue weighted by molar-refractivity contribution is 7.89. The fourth-order valence-corrected chi connectivity index (χ4v) is 5.69. The summed E-state index contributed by atoms with van der Waals surface area (Å²) in [6, 6.07) is 8.87. The Kier molecular flexibility index (Phi) is 6.04. The normalized spacial score (nSPS) is 15.1. The highest BCUT2D eigenvalue weighted by Crippen LogP contribution is 2.29. The van der Waals surface area contributed by atoms with E-state index in [0.29, 0.717) is 11.0 Å². The van der Waals surface area contributed by atoms with Crippen molar-refractivity contribution in [2.45, 2.75) is 11.8 Å². The van der Waals surface area contributed by atoms with Gasteiger partial charge in [0.05, 0.1) is 23.3 Å². The molecule has 0 bridgehead atoms. The number of ether oxygens (including phenoxy) is 1. The average molecular weight is 478 g/mol. The second kappa shape index (κ2) is 8.76. The van der Waals surface area contributed by atoms with E-state index in [2.05, 4.69) is 8.75 Å². The van der Waals surface area contributed by atoms with E-state index >= 15 is 0 Å². The zero-order chi connectivity index (χ0) is 22.9. The number of nitro benzene ring substituents is 1. The zero-order valence-electron chi connectivity index (χ0n) is 17.0. The lowest BCUT2D eigenvalue weighted by Gasteiger charge is -2.34. The van der Waals surface area contributed by atoms with Gasteiger partial charge < -0.3 is 9.64 Å². The molecule has 3 aromatic rings. The van der Waals surface area contributed by atoms with Crippen LogP contribution in [0.5, 0.6) is 5.75 Å². The van der Waals surface area contributed by atoms with Crippen LogP contribution in [0.4, 0.5) is 5.69 Å². The van der Waals surface area contributed by atoms with Crippen LogP contribution < -0.4 is 4.74 Å². The van der Waals surface area contributed by atoms with Crippen LogP contribution in [0.2, 0.25) is 0 Å². The molecule has 0 radical (unpaired) electrons. The number of carbonyl (C=O) groups excluding carboxylic acids is 1. The van der Waals surface area contributed by atoms with E-state index in [0.717, 1.165) is 11.7 Å². The number of hydrogen-bond donors (Lipinski definition) is 0. The molecule has 13 heteroatoms. The summed E-state index contributed by atoms with van der Waals surface area (Å²) in [5.41, 5.74) is 0.707. The lowest BCUT2D eigenvalue weighted by molar-refractivity contribution is -0.385. The summed E-state index contributed by atoms with van der Waals surface area (Å²) >= 11 is 0.946. The van der Waals surface area contributed by atoms with Gasteiger partial charge in [0.1, 0.15) is 15.9 Å². The predicted molar refractivity (Wildman–Crippen MR) is 116 cm³/mol. The molecular formula is C19H19N5O6S2. The molecule has 0 N–H and O–H groups in total. The number of nitrogens with zero attached hydrogens (tertiary/aromatic N) is 5. The second-order valence-corrected chi connectivity index (χ2v) is 9.39. The molecule has 2 heterocycles. The zero-order valence-corrected chi connectivity index (χ0v) is 18.6. The number of benzene rings is 2. The van der Waals surface area contributed by atoms with Crippen LogP contribution in [-0.4, -0.2) is 70.0 Å². The Balaban J connectivity index is 1.50. The van der Waals surface area contributed by atoms with Crippen LogP contribution in [-0.2, 0) is 10.0 Å². The Morgan fingerprint density at radius 3 is 2.62 bits per heavy atom. The summed E-state index contributed by atoms with van der Waals surface area (Å²) in [7, 11) is -3.81. The number of nitro groups is 1. The smallest absolute Gasteiger partial charge is 0.311 e. The van der Waals surface area contributed by atoms with Gasteiger partial charge in [-0.05, 0) is 31.2 Å². The van der Waals surface area contributed by atoms with E-state index in [1.165, 1.54) is 33.5 Å². The molecule has 2 aromatic carbocycles. The van der Waals surface area contributed by atoms with Crippen molar-refractivity contribution in [3.8, 4) is 5.75 Å². The lowest BCUT2D eigenvalue weighted by atomic mass is 10.1. The molecule has 1 fully saturated rings. The van der Waals surface area contributed by atoms with Crippen LogP contribution in [0.1, 0.15) is 17.3 Å². The van der Waals surface area contributed by atoms with Gasteiger partial charge in [-0.3, -0.25) is 14.9 Å². The van der Waals surface area contributed by atoms with Crippen molar-refractivity contribution < 1.29 is 22.9 Å². The van der Waals surface area contributed by atoms with Crippen LogP contribution in [0.3, 0.4) is 0 Å². The maximum Gasteiger partial charge on any atom is 0.311 e. The Labute approximate surface area is 187 Å². The first kappa shape index (κ1) is 22.0. The van der Waals surface area contributed by atoms with Gasteiger partial charge in [0.25, 0.3) is 5.91 Å². The van der Waals surface area contributed by atoms with Crippen molar-refractivity contribution >= 4 is 44.4 Å². The minimum Gasteiger partial charge on any atom is -0.487 e. The molecule has 1 aliphatic rings. The third-order valence-corrected chi connectivity index (χ3v) is 7.57. The van der Waals surface area contributed by atoms with Crippen molar-refractivity contribution in [1.82, 2.24) is 18.0 Å². The molecule has 4 rings (SSSR count). The molecule has 1 amide bonds. The fourth-order valence-electron chi connectivity index (χ4n) is 3.51. The molecule has 11 nitrogen and oxygen atoms in total. The molecule has 0 saturated carbocycles. The van der Waals surface area contributed by atoms with Crippen LogP contribution >= 0.6 is 11.7 Å². The quantitative estimate of drug-likeness (QED) is 0.389. The first-order valence-corrected chi connectivity index (χ1v) is 11.9. The van der Waals surface area contributed by atoms with Crippen molar-refractivity contribution in [2.75, 3.05) is 32.8 Å². The van der Waals surface area contributed by atoms with Gasteiger partial charge in [-0.25, -0.2) is 8.42 Å². The number of rotatable bonds is 6. The van der Waals surface area contributed by atoms with Crippen molar-refractivity contribution in [3.63, 3.8) is 0 Å². The van der Waals surface area contributed by atoms with E-state index in [4.69, 9.17) is 4.74 Å². The van der Waals surface area contributed by atoms with E-state index in [9.17, 15) is 23.3 Å². The van der Waals surface area contributed by atoms with Gasteiger partial charge in [0.2, 0.25) is 10.0 Å². The topological polar surface area (TPSA) is 136 Å². The number of piperazine rings is 1. The summed E-state index contributed by atoms with van der Waals surface area (Å²) in [4.78, 5) is 25.2. The van der Waals surface area contributed by atoms with Crippen molar-refractivity contribution in [3.05, 3.63) is 52.1 Å². The molecule has 0 unspecified atom stereocenters.